The van der Waals surface area contributed by atoms with Gasteiger partial charge in [-0.2, -0.15) is 0 Å². The maximum absolute atomic E-state index is 10.9. The Kier molecular flexibility index (Phi) is 5.36. The van der Waals surface area contributed by atoms with Crippen molar-refractivity contribution >= 4 is 23.2 Å². The van der Waals surface area contributed by atoms with Gasteiger partial charge in [-0.3, -0.25) is 0 Å². The second-order valence-electron chi connectivity index (χ2n) is 2.50. The van der Waals surface area contributed by atoms with Crippen LogP contribution in [-0.4, -0.2) is 24.1 Å². The molecule has 0 aliphatic heterocycles. The van der Waals surface area contributed by atoms with Gasteiger partial charge in [-0.15, -0.1) is 0 Å². The molecule has 5 heteroatoms. The van der Waals surface area contributed by atoms with Gasteiger partial charge in [-0.25, -0.2) is 4.79 Å². The smallest absolute Gasteiger partial charge is 0.314 e. The lowest BCUT2D eigenvalue weighted by Gasteiger charge is -2.15. The molecule has 0 aromatic carbocycles. The number of rotatable bonds is 4. The van der Waals surface area contributed by atoms with Crippen LogP contribution in [-0.2, 0) is 0 Å². The van der Waals surface area contributed by atoms with Crippen LogP contribution in [0.5, 0.6) is 0 Å². The third kappa shape index (κ3) is 4.90. The van der Waals surface area contributed by atoms with Crippen LogP contribution in [0.4, 0.5) is 4.79 Å². The Morgan fingerprint density at radius 3 is 2.58 bits per heavy atom. The van der Waals surface area contributed by atoms with Crippen LogP contribution in [0.25, 0.3) is 0 Å². The number of amides is 2. The quantitative estimate of drug-likeness (QED) is 0.560. The first-order valence-electron chi connectivity index (χ1n) is 3.86. The zero-order valence-electron chi connectivity index (χ0n) is 7.39. The van der Waals surface area contributed by atoms with Crippen molar-refractivity contribution in [3.8, 4) is 0 Å². The molecule has 4 nitrogen and oxygen atoms in total. The third-order valence-electron chi connectivity index (χ3n) is 1.50. The fraction of sp³-hybridized carbons (Fsp3) is 0.714. The van der Waals surface area contributed by atoms with Gasteiger partial charge in [-0.05, 0) is 6.42 Å². The number of hydrogen-bond acceptors (Lipinski definition) is 2. The van der Waals surface area contributed by atoms with Gasteiger partial charge in [0, 0.05) is 19.5 Å². The number of thiocarbonyl (C=S) groups is 1. The van der Waals surface area contributed by atoms with Crippen molar-refractivity contribution in [3.05, 3.63) is 0 Å². The fourth-order valence-corrected chi connectivity index (χ4v) is 0.999. The zero-order valence-corrected chi connectivity index (χ0v) is 8.20. The van der Waals surface area contributed by atoms with Crippen molar-refractivity contribution in [1.82, 2.24) is 10.6 Å². The van der Waals surface area contributed by atoms with Crippen molar-refractivity contribution in [2.24, 2.45) is 5.73 Å². The molecule has 0 radical (unpaired) electrons. The Bertz CT molecular complexity index is 172. The van der Waals surface area contributed by atoms with Crippen LogP contribution in [0.15, 0.2) is 0 Å². The molecule has 0 rings (SSSR count). The molecule has 0 saturated heterocycles. The Morgan fingerprint density at radius 1 is 1.67 bits per heavy atom. The van der Waals surface area contributed by atoms with Gasteiger partial charge in [0.05, 0.1) is 4.99 Å². The van der Waals surface area contributed by atoms with Crippen molar-refractivity contribution in [2.45, 2.75) is 25.8 Å². The van der Waals surface area contributed by atoms with E-state index in [0.717, 1.165) is 6.42 Å². The molecule has 70 valence electrons. The van der Waals surface area contributed by atoms with Crippen molar-refractivity contribution in [1.29, 1.82) is 0 Å². The first-order valence-corrected chi connectivity index (χ1v) is 4.27. The number of urea groups is 1. The second kappa shape index (κ2) is 5.77. The number of nitrogens with one attached hydrogen (secondary N) is 2. The van der Waals surface area contributed by atoms with Gasteiger partial charge >= 0.3 is 6.03 Å². The van der Waals surface area contributed by atoms with E-state index in [4.69, 9.17) is 18.0 Å². The number of carbonyl (C=O) groups excluding carboxylic acids is 1. The summed E-state index contributed by atoms with van der Waals surface area (Å²) in [5.74, 6) is 0. The Labute approximate surface area is 77.9 Å². The molecule has 0 aromatic rings. The molecule has 0 bridgehead atoms. The van der Waals surface area contributed by atoms with E-state index in [1.165, 1.54) is 0 Å². The molecule has 0 saturated carbocycles. The van der Waals surface area contributed by atoms with Gasteiger partial charge in [0.25, 0.3) is 0 Å². The lowest BCUT2D eigenvalue weighted by atomic mass is 10.1. The largest absolute Gasteiger partial charge is 0.393 e. The fourth-order valence-electron chi connectivity index (χ4n) is 0.798. The molecule has 0 heterocycles. The molecule has 1 unspecified atom stereocenters. The highest BCUT2D eigenvalue weighted by molar-refractivity contribution is 7.80. The van der Waals surface area contributed by atoms with Crippen molar-refractivity contribution < 1.29 is 4.79 Å². The van der Waals surface area contributed by atoms with E-state index in [-0.39, 0.29) is 12.1 Å². The maximum atomic E-state index is 10.9. The summed E-state index contributed by atoms with van der Waals surface area (Å²) < 4.78 is 0. The van der Waals surface area contributed by atoms with Crippen LogP contribution >= 0.6 is 12.2 Å². The highest BCUT2D eigenvalue weighted by Gasteiger charge is 2.09. The molecule has 0 fully saturated rings. The van der Waals surface area contributed by atoms with Gasteiger partial charge in [0.15, 0.2) is 0 Å². The van der Waals surface area contributed by atoms with Crippen LogP contribution in [0.3, 0.4) is 0 Å². The van der Waals surface area contributed by atoms with Crippen molar-refractivity contribution in [2.75, 3.05) is 7.05 Å². The van der Waals surface area contributed by atoms with Crippen LogP contribution in [0.1, 0.15) is 19.8 Å². The third-order valence-corrected chi connectivity index (χ3v) is 1.67. The lowest BCUT2D eigenvalue weighted by molar-refractivity contribution is 0.239. The first kappa shape index (κ1) is 11.2. The highest BCUT2D eigenvalue weighted by Crippen LogP contribution is 1.96. The minimum atomic E-state index is -0.196. The molecular formula is C7H15N3OS. The molecule has 0 aromatic heterocycles. The minimum Gasteiger partial charge on any atom is -0.393 e. The average Bonchev–Trinajstić information content (AvgIpc) is 2.02. The zero-order chi connectivity index (χ0) is 9.56. The molecule has 2 amide bonds. The maximum Gasteiger partial charge on any atom is 0.314 e. The summed E-state index contributed by atoms with van der Waals surface area (Å²) in [6.45, 7) is 1.97. The summed E-state index contributed by atoms with van der Waals surface area (Å²) in [5.41, 5.74) is 5.35. The number of nitrogens with two attached hydrogens (primary N) is 1. The highest BCUT2D eigenvalue weighted by atomic mass is 32.1. The molecular weight excluding hydrogens is 174 g/mol. The van der Waals surface area contributed by atoms with Crippen molar-refractivity contribution in [3.63, 3.8) is 0 Å². The van der Waals surface area contributed by atoms with E-state index in [1.807, 2.05) is 6.92 Å². The van der Waals surface area contributed by atoms with Crippen LogP contribution in [0, 0.1) is 0 Å². The van der Waals surface area contributed by atoms with E-state index in [2.05, 4.69) is 10.6 Å². The Morgan fingerprint density at radius 2 is 2.25 bits per heavy atom. The van der Waals surface area contributed by atoms with Crippen LogP contribution < -0.4 is 16.4 Å². The summed E-state index contributed by atoms with van der Waals surface area (Å²) in [5, 5.41) is 5.20. The van der Waals surface area contributed by atoms with E-state index >= 15 is 0 Å². The molecule has 4 N–H and O–H groups in total. The van der Waals surface area contributed by atoms with Gasteiger partial charge in [-0.1, -0.05) is 19.1 Å². The average molecular weight is 189 g/mol. The predicted molar refractivity (Wildman–Crippen MR) is 53.1 cm³/mol. The van der Waals surface area contributed by atoms with Gasteiger partial charge < -0.3 is 16.4 Å². The molecule has 0 aliphatic carbocycles. The Balaban J connectivity index is 3.82. The number of hydrogen-bond donors (Lipinski definition) is 3. The van der Waals surface area contributed by atoms with Gasteiger partial charge in [0.1, 0.15) is 0 Å². The molecule has 12 heavy (non-hydrogen) atoms. The molecule has 0 aliphatic rings. The summed E-state index contributed by atoms with van der Waals surface area (Å²) in [7, 11) is 1.57. The molecule has 1 atom stereocenters. The standard InChI is InChI=1S/C7H15N3OS/c1-3-5(4-6(8)12)10-7(11)9-2/h5H,3-4H2,1-2H3,(H2,8,12)(H2,9,10,11). The summed E-state index contributed by atoms with van der Waals surface area (Å²) in [6, 6.07) is -0.152. The lowest BCUT2D eigenvalue weighted by Crippen LogP contribution is -2.41. The summed E-state index contributed by atoms with van der Waals surface area (Å²) in [6.07, 6.45) is 1.38. The SMILES string of the molecule is CCC(CC(N)=S)NC(=O)NC. The van der Waals surface area contributed by atoms with E-state index in [0.29, 0.717) is 11.4 Å². The van der Waals surface area contributed by atoms with Gasteiger partial charge in [0.2, 0.25) is 0 Å². The first-order chi connectivity index (χ1) is 5.60. The number of carbonyl (C=O) groups is 1. The normalized spacial score (nSPS) is 11.8. The van der Waals surface area contributed by atoms with E-state index in [9.17, 15) is 4.79 Å². The summed E-state index contributed by atoms with van der Waals surface area (Å²) >= 11 is 4.73. The van der Waals surface area contributed by atoms with Crippen LogP contribution in [0.2, 0.25) is 0 Å². The topological polar surface area (TPSA) is 67.1 Å². The summed E-state index contributed by atoms with van der Waals surface area (Å²) in [4.78, 5) is 11.3. The monoisotopic (exact) mass is 189 g/mol. The second-order valence-corrected chi connectivity index (χ2v) is 3.02. The van der Waals surface area contributed by atoms with E-state index < -0.39 is 0 Å². The Hall–Kier alpha value is -0.840. The molecule has 0 spiro atoms. The predicted octanol–water partition coefficient (Wildman–Crippen LogP) is 0.370. The minimum absolute atomic E-state index is 0.0439. The van der Waals surface area contributed by atoms with E-state index in [1.54, 1.807) is 7.05 Å².